The summed E-state index contributed by atoms with van der Waals surface area (Å²) in [4.78, 5) is 0. The first-order valence-electron chi connectivity index (χ1n) is 6.09. The largest absolute Gasteiger partial charge is 0.364 e. The molecule has 0 radical (unpaired) electrons. The molecule has 0 aromatic heterocycles. The van der Waals surface area contributed by atoms with Crippen molar-refractivity contribution in [3.63, 3.8) is 0 Å². The van der Waals surface area contributed by atoms with Gasteiger partial charge in [-0.2, -0.15) is 0 Å². The van der Waals surface area contributed by atoms with Gasteiger partial charge < -0.3 is 4.74 Å². The number of rotatable bonds is 1. The molecule has 3 atom stereocenters. The highest BCUT2D eigenvalue weighted by atomic mass is 16.5. The summed E-state index contributed by atoms with van der Waals surface area (Å²) in [5.74, 6) is 0.875. The summed E-state index contributed by atoms with van der Waals surface area (Å²) in [5, 5.41) is 0. The summed E-state index contributed by atoms with van der Waals surface area (Å²) in [5.41, 5.74) is 1.84. The Bertz CT molecular complexity index is 399. The fourth-order valence-electron chi connectivity index (χ4n) is 3.82. The number of ether oxygens (including phenoxy) is 1. The van der Waals surface area contributed by atoms with Crippen LogP contribution in [0.5, 0.6) is 0 Å². The highest BCUT2D eigenvalue weighted by Crippen LogP contribution is 2.68. The second-order valence-electron chi connectivity index (χ2n) is 5.49. The van der Waals surface area contributed by atoms with Gasteiger partial charge in [0.15, 0.2) is 0 Å². The van der Waals surface area contributed by atoms with Crippen molar-refractivity contribution in [1.82, 2.24) is 0 Å². The Morgan fingerprint density at radius 3 is 2.80 bits per heavy atom. The fourth-order valence-corrected chi connectivity index (χ4v) is 3.82. The molecule has 1 heteroatoms. The minimum Gasteiger partial charge on any atom is -0.364 e. The molecule has 2 heterocycles. The minimum atomic E-state index is 0.0996. The van der Waals surface area contributed by atoms with E-state index >= 15 is 0 Å². The standard InChI is InChI=1S/C14H16O/c1-2-5-11(6-3-1)13-7-4-8-14(15-13)10-12(14)9-13/h1-3,5-6,12H,4,7-10H2/t12-,13+,14+/m0/s1. The third kappa shape index (κ3) is 0.971. The number of hydrogen-bond acceptors (Lipinski definition) is 1. The zero-order valence-electron chi connectivity index (χ0n) is 8.91. The molecule has 1 nitrogen and oxygen atoms in total. The summed E-state index contributed by atoms with van der Waals surface area (Å²) in [7, 11) is 0. The Hall–Kier alpha value is -0.820. The number of hydrogen-bond donors (Lipinski definition) is 0. The summed E-state index contributed by atoms with van der Waals surface area (Å²) in [6, 6.07) is 10.8. The van der Waals surface area contributed by atoms with Crippen LogP contribution in [0.2, 0.25) is 0 Å². The van der Waals surface area contributed by atoms with Gasteiger partial charge in [0.1, 0.15) is 0 Å². The van der Waals surface area contributed by atoms with E-state index in [2.05, 4.69) is 30.3 Å². The molecule has 0 amide bonds. The normalized spacial score (nSPS) is 46.3. The lowest BCUT2D eigenvalue weighted by molar-refractivity contribution is -0.117. The predicted molar refractivity (Wildman–Crippen MR) is 58.5 cm³/mol. The number of fused-ring (bicyclic) bond motifs is 1. The van der Waals surface area contributed by atoms with Crippen molar-refractivity contribution in [1.29, 1.82) is 0 Å². The first kappa shape index (κ1) is 8.35. The third-order valence-electron chi connectivity index (χ3n) is 4.63. The molecule has 1 aliphatic carbocycles. The average Bonchev–Trinajstić information content (AvgIpc) is 2.85. The quantitative estimate of drug-likeness (QED) is 0.676. The molecular formula is C14H16O. The fraction of sp³-hybridized carbons (Fsp3) is 0.571. The minimum absolute atomic E-state index is 0.0996. The van der Waals surface area contributed by atoms with Crippen molar-refractivity contribution in [3.05, 3.63) is 35.9 Å². The molecular weight excluding hydrogens is 184 g/mol. The summed E-state index contributed by atoms with van der Waals surface area (Å²) >= 11 is 0. The van der Waals surface area contributed by atoms with E-state index in [-0.39, 0.29) is 5.60 Å². The van der Waals surface area contributed by atoms with E-state index in [0.717, 1.165) is 5.92 Å². The maximum absolute atomic E-state index is 6.43. The topological polar surface area (TPSA) is 9.23 Å². The SMILES string of the molecule is c1ccc([C@@]23CCC[C@]4(C[C@@H]4C2)O3)cc1. The van der Waals surface area contributed by atoms with Crippen LogP contribution in [0.15, 0.2) is 30.3 Å². The van der Waals surface area contributed by atoms with E-state index in [0.29, 0.717) is 5.60 Å². The second-order valence-corrected chi connectivity index (χ2v) is 5.49. The Balaban J connectivity index is 1.77. The van der Waals surface area contributed by atoms with Gasteiger partial charge in [-0.15, -0.1) is 0 Å². The molecule has 3 fully saturated rings. The summed E-state index contributed by atoms with van der Waals surface area (Å²) in [6.07, 6.45) is 6.51. The van der Waals surface area contributed by atoms with Gasteiger partial charge in [-0.25, -0.2) is 0 Å². The third-order valence-corrected chi connectivity index (χ3v) is 4.63. The lowest BCUT2D eigenvalue weighted by atomic mass is 9.84. The molecule has 1 saturated carbocycles. The monoisotopic (exact) mass is 200 g/mol. The predicted octanol–water partition coefficient (Wildman–Crippen LogP) is 3.24. The van der Waals surface area contributed by atoms with Crippen LogP contribution in [0, 0.1) is 5.92 Å². The molecule has 15 heavy (non-hydrogen) atoms. The highest BCUT2D eigenvalue weighted by Gasteiger charge is 2.68. The highest BCUT2D eigenvalue weighted by molar-refractivity contribution is 5.30. The van der Waals surface area contributed by atoms with Gasteiger partial charge in [0, 0.05) is 0 Å². The van der Waals surface area contributed by atoms with E-state index in [1.54, 1.807) is 0 Å². The molecule has 0 unspecified atom stereocenters. The average molecular weight is 200 g/mol. The molecule has 1 spiro atoms. The Kier molecular flexibility index (Phi) is 1.37. The lowest BCUT2D eigenvalue weighted by Gasteiger charge is -2.37. The van der Waals surface area contributed by atoms with Crippen molar-refractivity contribution in [2.24, 2.45) is 5.92 Å². The Labute approximate surface area is 90.4 Å². The molecule has 1 aromatic rings. The number of benzene rings is 1. The van der Waals surface area contributed by atoms with Crippen LogP contribution in [0.4, 0.5) is 0 Å². The van der Waals surface area contributed by atoms with Crippen LogP contribution >= 0.6 is 0 Å². The van der Waals surface area contributed by atoms with Crippen molar-refractivity contribution in [3.8, 4) is 0 Å². The Morgan fingerprint density at radius 2 is 1.93 bits per heavy atom. The molecule has 78 valence electrons. The van der Waals surface area contributed by atoms with Gasteiger partial charge in [-0.3, -0.25) is 0 Å². The van der Waals surface area contributed by atoms with Crippen molar-refractivity contribution in [2.45, 2.75) is 43.3 Å². The van der Waals surface area contributed by atoms with E-state index in [9.17, 15) is 0 Å². The van der Waals surface area contributed by atoms with Gasteiger partial charge in [0.2, 0.25) is 0 Å². The van der Waals surface area contributed by atoms with Crippen LogP contribution < -0.4 is 0 Å². The van der Waals surface area contributed by atoms with E-state index in [4.69, 9.17) is 4.74 Å². The van der Waals surface area contributed by atoms with Crippen LogP contribution in [0.3, 0.4) is 0 Å². The van der Waals surface area contributed by atoms with Gasteiger partial charge in [0.25, 0.3) is 0 Å². The first-order chi connectivity index (χ1) is 7.33. The summed E-state index contributed by atoms with van der Waals surface area (Å²) in [6.45, 7) is 0. The first-order valence-corrected chi connectivity index (χ1v) is 6.09. The van der Waals surface area contributed by atoms with Crippen molar-refractivity contribution in [2.75, 3.05) is 0 Å². The van der Waals surface area contributed by atoms with E-state index in [1.807, 2.05) is 0 Å². The zero-order valence-corrected chi connectivity index (χ0v) is 8.91. The van der Waals surface area contributed by atoms with Crippen molar-refractivity contribution < 1.29 is 4.74 Å². The molecule has 2 bridgehead atoms. The summed E-state index contributed by atoms with van der Waals surface area (Å²) < 4.78 is 6.43. The van der Waals surface area contributed by atoms with Crippen LogP contribution in [-0.4, -0.2) is 5.60 Å². The van der Waals surface area contributed by atoms with E-state index < -0.39 is 0 Å². The molecule has 2 saturated heterocycles. The smallest absolute Gasteiger partial charge is 0.0942 e. The lowest BCUT2D eigenvalue weighted by Crippen LogP contribution is -2.34. The van der Waals surface area contributed by atoms with Crippen LogP contribution in [0.1, 0.15) is 37.7 Å². The van der Waals surface area contributed by atoms with Gasteiger partial charge in [0.05, 0.1) is 11.2 Å². The van der Waals surface area contributed by atoms with Crippen LogP contribution in [-0.2, 0) is 10.3 Å². The zero-order chi connectivity index (χ0) is 9.93. The molecule has 1 aromatic carbocycles. The van der Waals surface area contributed by atoms with E-state index in [1.165, 1.54) is 37.7 Å². The molecule has 0 N–H and O–H groups in total. The van der Waals surface area contributed by atoms with Gasteiger partial charge in [-0.05, 0) is 43.6 Å². The van der Waals surface area contributed by atoms with Gasteiger partial charge in [-0.1, -0.05) is 30.3 Å². The maximum Gasteiger partial charge on any atom is 0.0942 e. The van der Waals surface area contributed by atoms with Crippen molar-refractivity contribution >= 4 is 0 Å². The van der Waals surface area contributed by atoms with Crippen LogP contribution in [0.25, 0.3) is 0 Å². The molecule has 4 rings (SSSR count). The second kappa shape index (κ2) is 2.46. The molecule has 3 aliphatic rings. The van der Waals surface area contributed by atoms with Gasteiger partial charge >= 0.3 is 0 Å². The molecule has 2 aliphatic heterocycles. The Morgan fingerprint density at radius 1 is 1.07 bits per heavy atom. The maximum atomic E-state index is 6.43.